The molecule has 0 spiro atoms. The Morgan fingerprint density at radius 1 is 1.16 bits per heavy atom. The highest BCUT2D eigenvalue weighted by Gasteiger charge is 2.23. The van der Waals surface area contributed by atoms with Crippen LogP contribution >= 0.6 is 0 Å². The largest absolute Gasteiger partial charge is 0.492 e. The Kier molecular flexibility index (Phi) is 7.37. The molecular formula is C23H26N4O4. The zero-order valence-electron chi connectivity index (χ0n) is 17.9. The van der Waals surface area contributed by atoms with Crippen LogP contribution in [0.3, 0.4) is 0 Å². The maximum atomic E-state index is 12.6. The summed E-state index contributed by atoms with van der Waals surface area (Å²) in [6, 6.07) is 13.1. The zero-order valence-corrected chi connectivity index (χ0v) is 17.9. The molecule has 3 aromatic rings. The van der Waals surface area contributed by atoms with Crippen LogP contribution in [0.2, 0.25) is 0 Å². The highest BCUT2D eigenvalue weighted by Crippen LogP contribution is 2.22. The van der Waals surface area contributed by atoms with Gasteiger partial charge in [0.1, 0.15) is 17.9 Å². The number of ether oxygens (including phenoxy) is 2. The molecule has 8 heteroatoms. The number of hydrogen-bond donors (Lipinski definition) is 1. The predicted molar refractivity (Wildman–Crippen MR) is 115 cm³/mol. The molecule has 0 bridgehead atoms. The van der Waals surface area contributed by atoms with E-state index in [9.17, 15) is 9.59 Å². The SMILES string of the molecule is Cc1cccc(OCCNC(=O)COC(=O)c2cnn(-c3ccccn3)c2C(C)C)c1. The first-order valence-electron chi connectivity index (χ1n) is 10.1. The number of aryl methyl sites for hydroxylation is 1. The van der Waals surface area contributed by atoms with Gasteiger partial charge in [-0.25, -0.2) is 14.5 Å². The van der Waals surface area contributed by atoms with Gasteiger partial charge in [0.2, 0.25) is 0 Å². The minimum Gasteiger partial charge on any atom is -0.492 e. The van der Waals surface area contributed by atoms with Crippen molar-refractivity contribution >= 4 is 11.9 Å². The Bertz CT molecular complexity index is 1030. The Morgan fingerprint density at radius 3 is 2.71 bits per heavy atom. The second kappa shape index (κ2) is 10.4. The van der Waals surface area contributed by atoms with Crippen LogP contribution in [0.1, 0.15) is 41.4 Å². The number of benzene rings is 1. The molecule has 1 amide bonds. The molecule has 0 atom stereocenters. The third kappa shape index (κ3) is 5.91. The van der Waals surface area contributed by atoms with Crippen molar-refractivity contribution in [1.29, 1.82) is 0 Å². The van der Waals surface area contributed by atoms with Crippen LogP contribution in [0, 0.1) is 6.92 Å². The van der Waals surface area contributed by atoms with Crippen LogP contribution in [0.5, 0.6) is 5.75 Å². The standard InChI is InChI=1S/C23H26N4O4/c1-16(2)22-19(14-26-27(22)20-9-4-5-10-24-20)23(29)31-15-21(28)25-11-12-30-18-8-6-7-17(3)13-18/h4-10,13-14,16H,11-12,15H2,1-3H3,(H,25,28). The van der Waals surface area contributed by atoms with Gasteiger partial charge in [0.25, 0.3) is 5.91 Å². The number of carbonyl (C=O) groups is 2. The van der Waals surface area contributed by atoms with Crippen LogP contribution < -0.4 is 10.1 Å². The summed E-state index contributed by atoms with van der Waals surface area (Å²) in [4.78, 5) is 28.9. The summed E-state index contributed by atoms with van der Waals surface area (Å²) in [5.74, 6) is 0.351. The molecule has 0 radical (unpaired) electrons. The number of nitrogens with one attached hydrogen (secondary N) is 1. The molecule has 0 saturated heterocycles. The molecule has 0 aliphatic heterocycles. The first kappa shape index (κ1) is 22.0. The van der Waals surface area contributed by atoms with Crippen LogP contribution in [-0.2, 0) is 9.53 Å². The van der Waals surface area contributed by atoms with E-state index in [1.807, 2.05) is 57.2 Å². The van der Waals surface area contributed by atoms with E-state index in [4.69, 9.17) is 9.47 Å². The molecule has 0 saturated carbocycles. The fourth-order valence-corrected chi connectivity index (χ4v) is 3.06. The van der Waals surface area contributed by atoms with Crippen LogP contribution in [0.15, 0.2) is 54.9 Å². The summed E-state index contributed by atoms with van der Waals surface area (Å²) in [5.41, 5.74) is 2.09. The number of pyridine rings is 1. The van der Waals surface area contributed by atoms with Crippen molar-refractivity contribution in [3.05, 3.63) is 71.7 Å². The molecule has 0 aliphatic rings. The van der Waals surface area contributed by atoms with E-state index >= 15 is 0 Å². The second-order valence-corrected chi connectivity index (χ2v) is 7.29. The summed E-state index contributed by atoms with van der Waals surface area (Å²) >= 11 is 0. The average molecular weight is 422 g/mol. The fourth-order valence-electron chi connectivity index (χ4n) is 3.06. The van der Waals surface area contributed by atoms with Gasteiger partial charge in [-0.1, -0.05) is 32.0 Å². The summed E-state index contributed by atoms with van der Waals surface area (Å²) in [6.45, 7) is 6.13. The Morgan fingerprint density at radius 2 is 2.00 bits per heavy atom. The van der Waals surface area contributed by atoms with Gasteiger partial charge in [-0.15, -0.1) is 0 Å². The number of carbonyl (C=O) groups excluding carboxylic acids is 2. The molecular weight excluding hydrogens is 396 g/mol. The van der Waals surface area contributed by atoms with E-state index in [-0.39, 0.29) is 12.5 Å². The minimum absolute atomic E-state index is 0.000320. The van der Waals surface area contributed by atoms with Crippen LogP contribution in [0.25, 0.3) is 5.82 Å². The van der Waals surface area contributed by atoms with Crippen LogP contribution in [0.4, 0.5) is 0 Å². The van der Waals surface area contributed by atoms with Gasteiger partial charge in [0.15, 0.2) is 12.4 Å². The lowest BCUT2D eigenvalue weighted by Crippen LogP contribution is -2.32. The van der Waals surface area contributed by atoms with E-state index < -0.39 is 11.9 Å². The smallest absolute Gasteiger partial charge is 0.342 e. The lowest BCUT2D eigenvalue weighted by Gasteiger charge is -2.12. The van der Waals surface area contributed by atoms with Gasteiger partial charge in [0.05, 0.1) is 18.4 Å². The highest BCUT2D eigenvalue weighted by atomic mass is 16.5. The number of amides is 1. The van der Waals surface area contributed by atoms with E-state index in [1.54, 1.807) is 16.9 Å². The molecule has 0 aliphatic carbocycles. The first-order chi connectivity index (χ1) is 15.0. The van der Waals surface area contributed by atoms with E-state index in [2.05, 4.69) is 15.4 Å². The van der Waals surface area contributed by atoms with E-state index in [1.165, 1.54) is 6.20 Å². The fraction of sp³-hybridized carbons (Fsp3) is 0.304. The average Bonchev–Trinajstić information content (AvgIpc) is 3.21. The quantitative estimate of drug-likeness (QED) is 0.421. The van der Waals surface area contributed by atoms with Crippen molar-refractivity contribution in [2.45, 2.75) is 26.7 Å². The summed E-state index contributed by atoms with van der Waals surface area (Å²) < 4.78 is 12.4. The molecule has 162 valence electrons. The van der Waals surface area contributed by atoms with E-state index in [0.717, 1.165) is 11.3 Å². The number of rotatable bonds is 9. The number of esters is 1. The molecule has 0 unspecified atom stereocenters. The molecule has 2 heterocycles. The van der Waals surface area contributed by atoms with Crippen molar-refractivity contribution in [2.24, 2.45) is 0 Å². The summed E-state index contributed by atoms with van der Waals surface area (Å²) in [6.07, 6.45) is 3.10. The van der Waals surface area contributed by atoms with Crippen molar-refractivity contribution < 1.29 is 19.1 Å². The lowest BCUT2D eigenvalue weighted by atomic mass is 10.1. The minimum atomic E-state index is -0.600. The molecule has 8 nitrogen and oxygen atoms in total. The normalized spacial score (nSPS) is 10.7. The molecule has 0 fully saturated rings. The van der Waals surface area contributed by atoms with Gasteiger partial charge >= 0.3 is 5.97 Å². The van der Waals surface area contributed by atoms with Gasteiger partial charge in [-0.05, 0) is 42.7 Å². The van der Waals surface area contributed by atoms with Gasteiger partial charge < -0.3 is 14.8 Å². The van der Waals surface area contributed by atoms with Crippen molar-refractivity contribution in [1.82, 2.24) is 20.1 Å². The Balaban J connectivity index is 1.51. The Labute approximate surface area is 181 Å². The second-order valence-electron chi connectivity index (χ2n) is 7.29. The van der Waals surface area contributed by atoms with Crippen LogP contribution in [-0.4, -0.2) is 46.4 Å². The van der Waals surface area contributed by atoms with E-state index in [0.29, 0.717) is 30.2 Å². The molecule has 2 aromatic heterocycles. The van der Waals surface area contributed by atoms with Gasteiger partial charge in [-0.2, -0.15) is 5.10 Å². The van der Waals surface area contributed by atoms with Crippen molar-refractivity contribution in [3.8, 4) is 11.6 Å². The number of aromatic nitrogens is 3. The topological polar surface area (TPSA) is 95.3 Å². The third-order valence-corrected chi connectivity index (χ3v) is 4.46. The highest BCUT2D eigenvalue weighted by molar-refractivity contribution is 5.92. The zero-order chi connectivity index (χ0) is 22.2. The predicted octanol–water partition coefficient (Wildman–Crippen LogP) is 3.05. The summed E-state index contributed by atoms with van der Waals surface area (Å²) in [7, 11) is 0. The number of hydrogen-bond acceptors (Lipinski definition) is 6. The Hall–Kier alpha value is -3.68. The number of nitrogens with zero attached hydrogens (tertiary/aromatic N) is 3. The monoisotopic (exact) mass is 422 g/mol. The third-order valence-electron chi connectivity index (χ3n) is 4.46. The lowest BCUT2D eigenvalue weighted by molar-refractivity contribution is -0.124. The summed E-state index contributed by atoms with van der Waals surface area (Å²) in [5, 5.41) is 6.96. The van der Waals surface area contributed by atoms with Gasteiger partial charge in [-0.3, -0.25) is 4.79 Å². The molecule has 1 N–H and O–H groups in total. The molecule has 3 rings (SSSR count). The first-order valence-corrected chi connectivity index (χ1v) is 10.1. The maximum absolute atomic E-state index is 12.6. The maximum Gasteiger partial charge on any atom is 0.342 e. The van der Waals surface area contributed by atoms with Gasteiger partial charge in [0, 0.05) is 6.20 Å². The van der Waals surface area contributed by atoms with Crippen molar-refractivity contribution in [3.63, 3.8) is 0 Å². The molecule has 31 heavy (non-hydrogen) atoms. The molecule has 1 aromatic carbocycles. The van der Waals surface area contributed by atoms with Crippen molar-refractivity contribution in [2.75, 3.05) is 19.8 Å².